The first-order valence-corrected chi connectivity index (χ1v) is 4.54. The number of carboxylic acids is 2. The number of hydrogen-bond donors (Lipinski definition) is 2. The molecule has 4 nitrogen and oxygen atoms in total. The van der Waals surface area contributed by atoms with E-state index in [0.717, 1.165) is 6.92 Å². The van der Waals surface area contributed by atoms with Gasteiger partial charge >= 0.3 is 63.3 Å². The first-order chi connectivity index (χ1) is 7.02. The molecule has 0 unspecified atom stereocenters. The molecule has 0 saturated carbocycles. The largest absolute Gasteiger partial charge is 1.00 e. The van der Waals surface area contributed by atoms with E-state index in [4.69, 9.17) is 10.2 Å². The summed E-state index contributed by atoms with van der Waals surface area (Å²) in [7, 11) is 0. The molecule has 0 radical (unpaired) electrons. The van der Waals surface area contributed by atoms with Crippen molar-refractivity contribution < 1.29 is 72.6 Å². The quantitative estimate of drug-likeness (QED) is 0.501. The first kappa shape index (κ1) is 15.8. The molecule has 0 aromatic heterocycles. The Labute approximate surface area is 138 Å². The maximum Gasteiger partial charge on any atom is 1.00 e. The van der Waals surface area contributed by atoms with Crippen molar-refractivity contribution in [2.45, 2.75) is 13.3 Å². The van der Waals surface area contributed by atoms with Crippen LogP contribution in [0.4, 0.5) is 0 Å². The minimum absolute atomic E-state index is 0. The fourth-order valence-corrected chi connectivity index (χ4v) is 0.942. The van der Waals surface area contributed by atoms with Gasteiger partial charge in [-0.2, -0.15) is 0 Å². The summed E-state index contributed by atoms with van der Waals surface area (Å²) in [4.78, 5) is 19.5. The number of carbonyl (C=O) groups is 2. The predicted molar refractivity (Wildman–Crippen MR) is 54.8 cm³/mol. The van der Waals surface area contributed by atoms with Gasteiger partial charge < -0.3 is 11.6 Å². The summed E-state index contributed by atoms with van der Waals surface area (Å²) in [6, 6.07) is 8.53. The molecule has 0 aliphatic heterocycles. The van der Waals surface area contributed by atoms with Crippen molar-refractivity contribution in [3.8, 4) is 0 Å². The second-order valence-corrected chi connectivity index (χ2v) is 3.34. The van der Waals surface area contributed by atoms with Crippen LogP contribution >= 0.6 is 0 Å². The van der Waals surface area contributed by atoms with Gasteiger partial charge in [0.05, 0.1) is 0 Å². The van der Waals surface area contributed by atoms with Gasteiger partial charge in [0, 0.05) is 0 Å². The number of carboxylic acid groups (broad SMARTS) is 2. The van der Waals surface area contributed by atoms with E-state index < -0.39 is 17.9 Å². The Kier molecular flexibility index (Phi) is 7.09. The second kappa shape index (κ2) is 7.19. The number of benzene rings is 1. The molecule has 5 heteroatoms. The zero-order chi connectivity index (χ0) is 11.4. The van der Waals surface area contributed by atoms with Gasteiger partial charge in [-0.3, -0.25) is 9.59 Å². The summed E-state index contributed by atoms with van der Waals surface area (Å²) in [6.07, 6.45) is 1.24. The Hall–Kier alpha value is -0.204. The molecule has 16 heavy (non-hydrogen) atoms. The number of aliphatic carboxylic acids is 2. The minimum atomic E-state index is -1.31. The molecule has 1 aromatic carbocycles. The van der Waals surface area contributed by atoms with Crippen LogP contribution in [0, 0.1) is 5.92 Å². The second-order valence-electron chi connectivity index (χ2n) is 3.34. The molecule has 0 fully saturated rings. The molecule has 2 rings (SSSR count). The van der Waals surface area contributed by atoms with Crippen molar-refractivity contribution in [3.63, 3.8) is 0 Å². The fourth-order valence-electron chi connectivity index (χ4n) is 0.942. The molecule has 2 N–H and O–H groups in total. The average molecular weight is 248 g/mol. The third-order valence-electron chi connectivity index (χ3n) is 2.12. The van der Waals surface area contributed by atoms with Crippen LogP contribution in [-0.4, -0.2) is 22.2 Å². The van der Waals surface area contributed by atoms with Crippen molar-refractivity contribution in [2.24, 2.45) is 5.92 Å². The molecule has 0 saturated heterocycles. The van der Waals surface area contributed by atoms with E-state index in [0.29, 0.717) is 0 Å². The van der Waals surface area contributed by atoms with E-state index >= 15 is 0 Å². The van der Waals surface area contributed by atoms with E-state index in [1.165, 1.54) is 17.5 Å². The minimum Gasteiger partial charge on any atom is -1.00 e. The Bertz CT molecular complexity index is 360. The molecule has 1 aromatic rings. The molecule has 0 bridgehead atoms. The maximum absolute atomic E-state index is 9.76. The summed E-state index contributed by atoms with van der Waals surface area (Å²) >= 11 is 0. The monoisotopic (exact) mass is 248 g/mol. The van der Waals surface area contributed by atoms with Crippen molar-refractivity contribution in [2.75, 3.05) is 0 Å². The first-order valence-electron chi connectivity index (χ1n) is 4.54. The normalized spacial score (nSPS) is 10.4. The van der Waals surface area contributed by atoms with Gasteiger partial charge in [-0.25, -0.2) is 0 Å². The van der Waals surface area contributed by atoms with Crippen LogP contribution in [0.2, 0.25) is 0 Å². The maximum atomic E-state index is 9.76. The van der Waals surface area contributed by atoms with Crippen LogP contribution in [0.3, 0.4) is 0 Å². The predicted octanol–water partition coefficient (Wildman–Crippen LogP) is -1.50. The van der Waals surface area contributed by atoms with Crippen molar-refractivity contribution >= 4 is 11.9 Å². The Morgan fingerprint density at radius 2 is 1.56 bits per heavy atom. The number of rotatable bonds is 2. The van der Waals surface area contributed by atoms with E-state index in [1.807, 2.05) is 0 Å². The van der Waals surface area contributed by atoms with Gasteiger partial charge in [-0.1, -0.05) is 24.3 Å². The molecular formula is C11H13KO4. The van der Waals surface area contributed by atoms with Crippen LogP contribution in [0.5, 0.6) is 0 Å². The van der Waals surface area contributed by atoms with Gasteiger partial charge in [-0.15, -0.1) is 0 Å². The standard InChI is InChI=1S/C7H6.C4H6O4.K.H/c1-2-4-7-5-6(7)3-1;1-2(3(5)6)4(7)8;;/h1-4H,5H2;2H,1H3,(H,5,6)(H,7,8);;/q;;+1;-1. The van der Waals surface area contributed by atoms with Crippen LogP contribution in [0.15, 0.2) is 24.3 Å². The Morgan fingerprint density at radius 1 is 1.19 bits per heavy atom. The van der Waals surface area contributed by atoms with E-state index in [-0.39, 0.29) is 52.8 Å². The van der Waals surface area contributed by atoms with Crippen LogP contribution < -0.4 is 51.4 Å². The van der Waals surface area contributed by atoms with E-state index in [2.05, 4.69) is 24.3 Å². The molecule has 0 heterocycles. The Balaban J connectivity index is 0. The van der Waals surface area contributed by atoms with Crippen LogP contribution in [0.25, 0.3) is 0 Å². The van der Waals surface area contributed by atoms with Crippen molar-refractivity contribution in [1.82, 2.24) is 0 Å². The van der Waals surface area contributed by atoms with Gasteiger partial charge in [0.1, 0.15) is 0 Å². The van der Waals surface area contributed by atoms with E-state index in [9.17, 15) is 9.59 Å². The van der Waals surface area contributed by atoms with Crippen molar-refractivity contribution in [1.29, 1.82) is 0 Å². The molecule has 0 amide bonds. The molecule has 0 atom stereocenters. The van der Waals surface area contributed by atoms with E-state index in [1.54, 1.807) is 0 Å². The topological polar surface area (TPSA) is 74.6 Å². The number of hydrogen-bond acceptors (Lipinski definition) is 2. The zero-order valence-corrected chi connectivity index (χ0v) is 12.4. The van der Waals surface area contributed by atoms with Gasteiger partial charge in [-0.05, 0) is 24.5 Å². The van der Waals surface area contributed by atoms with Gasteiger partial charge in [0.2, 0.25) is 0 Å². The third-order valence-corrected chi connectivity index (χ3v) is 2.12. The summed E-state index contributed by atoms with van der Waals surface area (Å²) in [5.41, 5.74) is 3.06. The third kappa shape index (κ3) is 5.22. The fraction of sp³-hybridized carbons (Fsp3) is 0.273. The van der Waals surface area contributed by atoms with Gasteiger partial charge in [0.15, 0.2) is 5.92 Å². The zero-order valence-electron chi connectivity index (χ0n) is 10.3. The van der Waals surface area contributed by atoms with Crippen molar-refractivity contribution in [3.05, 3.63) is 35.4 Å². The average Bonchev–Trinajstić information content (AvgIpc) is 2.95. The SMILES string of the molecule is CC(C(=O)O)C(=O)O.[H-].[K+].c1ccc2c(c1)C2. The van der Waals surface area contributed by atoms with Crippen LogP contribution in [-0.2, 0) is 16.0 Å². The molecule has 1 aliphatic rings. The summed E-state index contributed by atoms with van der Waals surface area (Å²) in [6.45, 7) is 1.12. The van der Waals surface area contributed by atoms with Gasteiger partial charge in [0.25, 0.3) is 0 Å². The Morgan fingerprint density at radius 3 is 1.75 bits per heavy atom. The molecule has 82 valence electrons. The molecule has 0 spiro atoms. The smallest absolute Gasteiger partial charge is 1.00 e. The molecular weight excluding hydrogens is 235 g/mol. The number of fused-ring (bicyclic) bond motifs is 1. The summed E-state index contributed by atoms with van der Waals surface area (Å²) in [5.74, 6) is -3.91. The summed E-state index contributed by atoms with van der Waals surface area (Å²) in [5, 5.41) is 15.9. The molecule has 1 aliphatic carbocycles. The van der Waals surface area contributed by atoms with Crippen LogP contribution in [0.1, 0.15) is 19.5 Å². The summed E-state index contributed by atoms with van der Waals surface area (Å²) < 4.78 is 0.